The second-order valence-corrected chi connectivity index (χ2v) is 7.68. The minimum Gasteiger partial charge on any atom is -0.381 e. The first-order chi connectivity index (χ1) is 13.7. The third-order valence-electron chi connectivity index (χ3n) is 5.98. The van der Waals surface area contributed by atoms with Crippen molar-refractivity contribution in [3.63, 3.8) is 0 Å². The molecule has 8 heteroatoms. The molecule has 1 atom stereocenters. The van der Waals surface area contributed by atoms with Crippen molar-refractivity contribution in [3.8, 4) is 0 Å². The van der Waals surface area contributed by atoms with E-state index in [0.29, 0.717) is 11.7 Å². The van der Waals surface area contributed by atoms with E-state index in [1.807, 2.05) is 24.0 Å². The lowest BCUT2D eigenvalue weighted by atomic mass is 10.1. The van der Waals surface area contributed by atoms with Crippen LogP contribution in [-0.2, 0) is 24.8 Å². The molecule has 4 heterocycles. The number of hydrogen-bond donors (Lipinski definition) is 1. The first-order valence-electron chi connectivity index (χ1n) is 10.3. The van der Waals surface area contributed by atoms with Gasteiger partial charge in [0.1, 0.15) is 11.5 Å². The van der Waals surface area contributed by atoms with E-state index in [2.05, 4.69) is 31.8 Å². The molecular weight excluding hydrogens is 356 g/mol. The van der Waals surface area contributed by atoms with E-state index in [1.54, 1.807) is 6.20 Å². The third-order valence-corrected chi connectivity index (χ3v) is 5.98. The van der Waals surface area contributed by atoms with E-state index in [1.165, 1.54) is 0 Å². The molecule has 28 heavy (non-hydrogen) atoms. The Balaban J connectivity index is 1.40. The van der Waals surface area contributed by atoms with E-state index in [-0.39, 0.29) is 11.9 Å². The summed E-state index contributed by atoms with van der Waals surface area (Å²) in [5, 5.41) is 7.32. The Hall–Kier alpha value is -2.19. The van der Waals surface area contributed by atoms with Crippen LogP contribution in [0.4, 0.5) is 0 Å². The van der Waals surface area contributed by atoms with E-state index < -0.39 is 0 Å². The summed E-state index contributed by atoms with van der Waals surface area (Å²) in [5.41, 5.74) is 1.51. The normalized spacial score (nSPS) is 19.8. The van der Waals surface area contributed by atoms with Crippen LogP contribution in [0, 0.1) is 0 Å². The fraction of sp³-hybridized carbons (Fsp3) is 0.650. The zero-order valence-electron chi connectivity index (χ0n) is 16.8. The highest BCUT2D eigenvalue weighted by molar-refractivity contribution is 5.92. The van der Waals surface area contributed by atoms with Gasteiger partial charge in [-0.1, -0.05) is 6.92 Å². The Kier molecular flexibility index (Phi) is 5.77. The lowest BCUT2D eigenvalue weighted by Gasteiger charge is -2.33. The van der Waals surface area contributed by atoms with Crippen LogP contribution in [0.5, 0.6) is 0 Å². The van der Waals surface area contributed by atoms with Crippen LogP contribution in [0.3, 0.4) is 0 Å². The Morgan fingerprint density at radius 1 is 1.32 bits per heavy atom. The standard InChI is InChI=1S/C20H30N6O2/c1-3-16(18-4-8-21-24(18)2)23-20(27)17-14-26-11-10-25(9-5-19(26)22-17)15-6-12-28-13-7-15/h4,8,14-16H,3,5-7,9-13H2,1-2H3,(H,23,27). The van der Waals surface area contributed by atoms with Crippen molar-refractivity contribution in [3.05, 3.63) is 35.7 Å². The topological polar surface area (TPSA) is 77.2 Å². The molecule has 0 saturated carbocycles. The first-order valence-corrected chi connectivity index (χ1v) is 10.3. The van der Waals surface area contributed by atoms with Gasteiger partial charge in [0.2, 0.25) is 0 Å². The Morgan fingerprint density at radius 3 is 2.86 bits per heavy atom. The summed E-state index contributed by atoms with van der Waals surface area (Å²) in [6, 6.07) is 2.50. The summed E-state index contributed by atoms with van der Waals surface area (Å²) in [6.07, 6.45) is 7.58. The van der Waals surface area contributed by atoms with Gasteiger partial charge in [-0.2, -0.15) is 5.10 Å². The van der Waals surface area contributed by atoms with Crippen molar-refractivity contribution in [1.82, 2.24) is 29.5 Å². The number of hydrogen-bond acceptors (Lipinski definition) is 5. The Bertz CT molecular complexity index is 782. The number of rotatable bonds is 5. The van der Waals surface area contributed by atoms with Crippen molar-refractivity contribution in [1.29, 1.82) is 0 Å². The quantitative estimate of drug-likeness (QED) is 0.843. The van der Waals surface area contributed by atoms with Crippen LogP contribution in [0.1, 0.15) is 54.2 Å². The molecule has 8 nitrogen and oxygen atoms in total. The summed E-state index contributed by atoms with van der Waals surface area (Å²) < 4.78 is 9.45. The summed E-state index contributed by atoms with van der Waals surface area (Å²) in [7, 11) is 1.90. The van der Waals surface area contributed by atoms with Gasteiger partial charge in [0.25, 0.3) is 5.91 Å². The predicted molar refractivity (Wildman–Crippen MR) is 105 cm³/mol. The van der Waals surface area contributed by atoms with Gasteiger partial charge in [-0.3, -0.25) is 14.4 Å². The number of aryl methyl sites for hydroxylation is 1. The molecule has 1 fully saturated rings. The Labute approximate surface area is 165 Å². The van der Waals surface area contributed by atoms with Crippen LogP contribution < -0.4 is 5.32 Å². The number of ether oxygens (including phenoxy) is 1. The predicted octanol–water partition coefficient (Wildman–Crippen LogP) is 1.53. The van der Waals surface area contributed by atoms with Crippen LogP contribution in [0.15, 0.2) is 18.5 Å². The van der Waals surface area contributed by atoms with Crippen molar-refractivity contribution in [2.75, 3.05) is 26.3 Å². The van der Waals surface area contributed by atoms with E-state index in [9.17, 15) is 4.79 Å². The molecule has 0 aliphatic carbocycles. The van der Waals surface area contributed by atoms with Crippen LogP contribution >= 0.6 is 0 Å². The molecule has 1 unspecified atom stereocenters. The van der Waals surface area contributed by atoms with Crippen LogP contribution in [0.2, 0.25) is 0 Å². The maximum Gasteiger partial charge on any atom is 0.272 e. The molecule has 2 aromatic heterocycles. The summed E-state index contributed by atoms with van der Waals surface area (Å²) in [5.74, 6) is 0.892. The maximum absolute atomic E-state index is 12.8. The van der Waals surface area contributed by atoms with E-state index in [0.717, 1.165) is 70.0 Å². The minimum atomic E-state index is -0.116. The summed E-state index contributed by atoms with van der Waals surface area (Å²) >= 11 is 0. The molecule has 1 saturated heterocycles. The molecule has 1 N–H and O–H groups in total. The largest absolute Gasteiger partial charge is 0.381 e. The monoisotopic (exact) mass is 386 g/mol. The van der Waals surface area contributed by atoms with Gasteiger partial charge in [0.05, 0.1) is 11.7 Å². The van der Waals surface area contributed by atoms with Gasteiger partial charge in [-0.05, 0) is 25.3 Å². The average molecular weight is 387 g/mol. The molecule has 2 aromatic rings. The molecule has 1 amide bonds. The molecule has 152 valence electrons. The van der Waals surface area contributed by atoms with Crippen molar-refractivity contribution >= 4 is 5.91 Å². The number of aromatic nitrogens is 4. The fourth-order valence-corrected chi connectivity index (χ4v) is 4.31. The highest BCUT2D eigenvalue weighted by atomic mass is 16.5. The van der Waals surface area contributed by atoms with E-state index >= 15 is 0 Å². The molecule has 0 radical (unpaired) electrons. The van der Waals surface area contributed by atoms with Crippen LogP contribution in [-0.4, -0.2) is 62.5 Å². The third kappa shape index (κ3) is 3.98. The highest BCUT2D eigenvalue weighted by Crippen LogP contribution is 2.19. The van der Waals surface area contributed by atoms with Gasteiger partial charge in [-0.25, -0.2) is 4.98 Å². The smallest absolute Gasteiger partial charge is 0.272 e. The minimum absolute atomic E-state index is 0.0643. The van der Waals surface area contributed by atoms with Crippen LogP contribution in [0.25, 0.3) is 0 Å². The van der Waals surface area contributed by atoms with Crippen molar-refractivity contribution in [2.24, 2.45) is 7.05 Å². The summed E-state index contributed by atoms with van der Waals surface area (Å²) in [6.45, 7) is 6.67. The van der Waals surface area contributed by atoms with Crippen molar-refractivity contribution in [2.45, 2.75) is 51.2 Å². The lowest BCUT2D eigenvalue weighted by Crippen LogP contribution is -2.41. The maximum atomic E-state index is 12.8. The molecule has 2 aliphatic rings. The highest BCUT2D eigenvalue weighted by Gasteiger charge is 2.26. The summed E-state index contributed by atoms with van der Waals surface area (Å²) in [4.78, 5) is 20.0. The second kappa shape index (κ2) is 8.45. The van der Waals surface area contributed by atoms with Gasteiger partial charge >= 0.3 is 0 Å². The number of carbonyl (C=O) groups excluding carboxylic acids is 1. The SMILES string of the molecule is CCC(NC(=O)c1cn2c(n1)CCN(C1CCOCC1)CC2)c1ccnn1C. The van der Waals surface area contributed by atoms with Gasteiger partial charge in [-0.15, -0.1) is 0 Å². The number of nitrogens with zero attached hydrogens (tertiary/aromatic N) is 5. The number of amides is 1. The zero-order valence-corrected chi connectivity index (χ0v) is 16.8. The molecule has 0 spiro atoms. The lowest BCUT2D eigenvalue weighted by molar-refractivity contribution is 0.0347. The molecule has 4 rings (SSSR count). The number of nitrogens with one attached hydrogen (secondary N) is 1. The Morgan fingerprint density at radius 2 is 2.14 bits per heavy atom. The van der Waals surface area contributed by atoms with Gasteiger partial charge in [0, 0.05) is 64.8 Å². The number of fused-ring (bicyclic) bond motifs is 1. The second-order valence-electron chi connectivity index (χ2n) is 7.68. The first kappa shape index (κ1) is 19.1. The molecule has 2 aliphatic heterocycles. The van der Waals surface area contributed by atoms with E-state index in [4.69, 9.17) is 4.74 Å². The van der Waals surface area contributed by atoms with Gasteiger partial charge in [0.15, 0.2) is 0 Å². The average Bonchev–Trinajstić information content (AvgIpc) is 3.28. The zero-order chi connectivity index (χ0) is 19.5. The fourth-order valence-electron chi connectivity index (χ4n) is 4.31. The number of imidazole rings is 1. The number of carbonyl (C=O) groups is 1. The van der Waals surface area contributed by atoms with Gasteiger partial charge < -0.3 is 14.6 Å². The molecular formula is C20H30N6O2. The molecule has 0 bridgehead atoms. The molecule has 0 aromatic carbocycles. The van der Waals surface area contributed by atoms with Crippen molar-refractivity contribution < 1.29 is 9.53 Å².